The molecule has 5 N–H and O–H groups in total. The Morgan fingerprint density at radius 2 is 1.81 bits per heavy atom. The molecule has 2 unspecified atom stereocenters. The smallest absolute Gasteiger partial charge is 0.408 e. The molecule has 0 heterocycles. The molecule has 206 valence electrons. The molecule has 1 aromatic rings. The Morgan fingerprint density at radius 1 is 1.16 bits per heavy atom. The van der Waals surface area contributed by atoms with Crippen molar-refractivity contribution in [3.63, 3.8) is 0 Å². The van der Waals surface area contributed by atoms with E-state index in [4.69, 9.17) is 10.5 Å². The number of nitrogens with zero attached hydrogens (tertiary/aromatic N) is 1. The van der Waals surface area contributed by atoms with Gasteiger partial charge in [0.25, 0.3) is 0 Å². The Kier molecular flexibility index (Phi) is 10.8. The van der Waals surface area contributed by atoms with Crippen molar-refractivity contribution in [3.05, 3.63) is 29.3 Å². The van der Waals surface area contributed by atoms with Gasteiger partial charge in [0.2, 0.25) is 17.7 Å². The first-order valence-electron chi connectivity index (χ1n) is 13.0. The highest BCUT2D eigenvalue weighted by Crippen LogP contribution is 2.33. The number of phenolic OH excluding ortho intramolecular Hbond substituents is 1. The molecule has 0 aromatic heterocycles. The molecule has 1 aromatic carbocycles. The number of primary amides is 1. The Balaban J connectivity index is 2.43. The molecule has 1 saturated carbocycles. The van der Waals surface area contributed by atoms with Crippen molar-refractivity contribution < 1.29 is 29.0 Å². The predicted molar refractivity (Wildman–Crippen MR) is 140 cm³/mol. The van der Waals surface area contributed by atoms with Crippen LogP contribution in [0.15, 0.2) is 18.2 Å². The van der Waals surface area contributed by atoms with Gasteiger partial charge in [0.1, 0.15) is 23.4 Å². The van der Waals surface area contributed by atoms with E-state index in [0.29, 0.717) is 5.56 Å². The largest absolute Gasteiger partial charge is 0.507 e. The molecule has 0 radical (unpaired) electrons. The lowest BCUT2D eigenvalue weighted by atomic mass is 9.94. The molecular weight excluding hydrogens is 476 g/mol. The number of nitrogens with one attached hydrogen (secondary N) is 2. The summed E-state index contributed by atoms with van der Waals surface area (Å²) in [6.45, 7) is 8.61. The Bertz CT molecular complexity index is 968. The lowest BCUT2D eigenvalue weighted by Crippen LogP contribution is -2.54. The number of nitrogens with two attached hydrogens (primary N) is 1. The van der Waals surface area contributed by atoms with Crippen LogP contribution in [0.2, 0.25) is 0 Å². The van der Waals surface area contributed by atoms with Crippen molar-refractivity contribution in [2.75, 3.05) is 6.54 Å². The number of benzene rings is 1. The molecule has 37 heavy (non-hydrogen) atoms. The van der Waals surface area contributed by atoms with Crippen molar-refractivity contribution in [3.8, 4) is 5.75 Å². The number of phenols is 1. The number of hydrogen-bond acceptors (Lipinski definition) is 6. The summed E-state index contributed by atoms with van der Waals surface area (Å²) in [6.07, 6.45) is 3.78. The van der Waals surface area contributed by atoms with Gasteiger partial charge >= 0.3 is 6.09 Å². The molecule has 10 heteroatoms. The topological polar surface area (TPSA) is 151 Å². The minimum Gasteiger partial charge on any atom is -0.507 e. The number of aryl methyl sites for hydroxylation is 1. The van der Waals surface area contributed by atoms with Gasteiger partial charge in [-0.1, -0.05) is 37.5 Å². The average molecular weight is 519 g/mol. The third-order valence-electron chi connectivity index (χ3n) is 6.37. The lowest BCUT2D eigenvalue weighted by Gasteiger charge is -2.35. The first kappa shape index (κ1) is 29.9. The van der Waals surface area contributed by atoms with Crippen molar-refractivity contribution in [1.82, 2.24) is 15.5 Å². The van der Waals surface area contributed by atoms with Gasteiger partial charge < -0.3 is 31.1 Å². The van der Waals surface area contributed by atoms with Crippen LogP contribution in [0.1, 0.15) is 89.8 Å². The van der Waals surface area contributed by atoms with E-state index in [-0.39, 0.29) is 36.7 Å². The monoisotopic (exact) mass is 518 g/mol. The number of rotatable bonds is 10. The molecule has 0 saturated heterocycles. The fourth-order valence-corrected chi connectivity index (χ4v) is 4.54. The molecule has 0 spiro atoms. The third kappa shape index (κ3) is 8.94. The van der Waals surface area contributed by atoms with E-state index in [1.54, 1.807) is 52.8 Å². The molecule has 4 amide bonds. The van der Waals surface area contributed by atoms with Crippen LogP contribution in [-0.2, 0) is 19.1 Å². The molecule has 2 atom stereocenters. The molecule has 0 aliphatic heterocycles. The van der Waals surface area contributed by atoms with Gasteiger partial charge in [0, 0.05) is 24.6 Å². The van der Waals surface area contributed by atoms with Crippen molar-refractivity contribution in [1.29, 1.82) is 0 Å². The molecular formula is C27H42N4O6. The third-order valence-corrected chi connectivity index (χ3v) is 6.37. The zero-order valence-electron chi connectivity index (χ0n) is 22.6. The van der Waals surface area contributed by atoms with Crippen LogP contribution in [-0.4, -0.2) is 58.1 Å². The van der Waals surface area contributed by atoms with Gasteiger partial charge in [-0.25, -0.2) is 4.79 Å². The van der Waals surface area contributed by atoms with Crippen LogP contribution in [0, 0.1) is 6.92 Å². The number of para-hydroxylation sites is 1. The number of likely N-dealkylation sites (N-methyl/N-ethyl adjacent to an activating group) is 1. The summed E-state index contributed by atoms with van der Waals surface area (Å²) >= 11 is 0. The number of hydrogen-bond donors (Lipinski definition) is 4. The van der Waals surface area contributed by atoms with Crippen molar-refractivity contribution in [2.45, 2.75) is 103 Å². The fraction of sp³-hybridized carbons (Fsp3) is 0.630. The summed E-state index contributed by atoms with van der Waals surface area (Å²) in [5.41, 5.74) is 5.36. The number of aromatic hydroxyl groups is 1. The number of amides is 4. The molecule has 2 rings (SSSR count). The van der Waals surface area contributed by atoms with Crippen molar-refractivity contribution >= 4 is 23.8 Å². The summed E-state index contributed by atoms with van der Waals surface area (Å²) in [5, 5.41) is 16.5. The molecule has 1 aliphatic rings. The zero-order valence-corrected chi connectivity index (χ0v) is 22.6. The Labute approximate surface area is 219 Å². The second-order valence-corrected chi connectivity index (χ2v) is 10.6. The predicted octanol–water partition coefficient (Wildman–Crippen LogP) is 3.20. The van der Waals surface area contributed by atoms with E-state index in [1.165, 1.54) is 4.90 Å². The van der Waals surface area contributed by atoms with Crippen LogP contribution < -0.4 is 16.4 Å². The van der Waals surface area contributed by atoms with Gasteiger partial charge in [0.15, 0.2) is 0 Å². The minimum absolute atomic E-state index is 0.0185. The Morgan fingerprint density at radius 3 is 2.38 bits per heavy atom. The highest BCUT2D eigenvalue weighted by atomic mass is 16.6. The summed E-state index contributed by atoms with van der Waals surface area (Å²) in [6, 6.07) is 2.72. The zero-order chi connectivity index (χ0) is 27.8. The Hall–Kier alpha value is -3.30. The number of alkyl carbamates (subject to hydrolysis) is 1. The number of carbonyl (C=O) groups is 4. The highest BCUT2D eigenvalue weighted by Gasteiger charge is 2.37. The lowest BCUT2D eigenvalue weighted by molar-refractivity contribution is -0.143. The van der Waals surface area contributed by atoms with E-state index in [2.05, 4.69) is 10.6 Å². The van der Waals surface area contributed by atoms with Crippen LogP contribution >= 0.6 is 0 Å². The van der Waals surface area contributed by atoms with Crippen LogP contribution in [0.25, 0.3) is 0 Å². The van der Waals surface area contributed by atoms with Gasteiger partial charge in [-0.3, -0.25) is 14.4 Å². The number of ether oxygens (including phenoxy) is 1. The fourth-order valence-electron chi connectivity index (χ4n) is 4.54. The van der Waals surface area contributed by atoms with Gasteiger partial charge in [-0.2, -0.15) is 0 Å². The first-order chi connectivity index (χ1) is 17.3. The maximum atomic E-state index is 13.8. The maximum Gasteiger partial charge on any atom is 0.408 e. The molecule has 1 fully saturated rings. The summed E-state index contributed by atoms with van der Waals surface area (Å²) < 4.78 is 5.31. The molecule has 0 bridgehead atoms. The van der Waals surface area contributed by atoms with E-state index in [1.807, 2.05) is 0 Å². The summed E-state index contributed by atoms with van der Waals surface area (Å²) in [4.78, 5) is 52.9. The maximum absolute atomic E-state index is 13.8. The SMILES string of the molecule is CCN(C(=O)C(CCC(N)=O)NC(=O)OC(C)(C)C)C(C(=O)NC1CCCCC1)c1cccc(C)c1O. The molecule has 1 aliphatic carbocycles. The van der Waals surface area contributed by atoms with E-state index in [9.17, 15) is 24.3 Å². The second-order valence-electron chi connectivity index (χ2n) is 10.6. The normalized spacial score (nSPS) is 15.8. The van der Waals surface area contributed by atoms with Crippen LogP contribution in [0.5, 0.6) is 5.75 Å². The van der Waals surface area contributed by atoms with Crippen molar-refractivity contribution in [2.24, 2.45) is 5.73 Å². The first-order valence-corrected chi connectivity index (χ1v) is 13.0. The standard InChI is InChI=1S/C27H42N4O6/c1-6-31(25(35)20(15-16-21(28)32)30-26(36)37-27(3,4)5)22(19-14-10-11-17(2)23(19)33)24(34)29-18-12-8-7-9-13-18/h10-11,14,18,20,22,33H,6-9,12-13,15-16H2,1-5H3,(H2,28,32)(H,29,34)(H,30,36). The van der Waals surface area contributed by atoms with E-state index >= 15 is 0 Å². The summed E-state index contributed by atoms with van der Waals surface area (Å²) in [7, 11) is 0. The van der Waals surface area contributed by atoms with Crippen LogP contribution in [0.4, 0.5) is 4.79 Å². The van der Waals surface area contributed by atoms with Gasteiger partial charge in [-0.05, 0) is 59.4 Å². The second kappa shape index (κ2) is 13.3. The quantitative estimate of drug-likeness (QED) is 0.373. The minimum atomic E-state index is -1.17. The molecule has 10 nitrogen and oxygen atoms in total. The van der Waals surface area contributed by atoms with E-state index < -0.39 is 41.5 Å². The van der Waals surface area contributed by atoms with Gasteiger partial charge in [-0.15, -0.1) is 0 Å². The van der Waals surface area contributed by atoms with Crippen LogP contribution in [0.3, 0.4) is 0 Å². The van der Waals surface area contributed by atoms with E-state index in [0.717, 1.165) is 32.1 Å². The van der Waals surface area contributed by atoms with Gasteiger partial charge in [0.05, 0.1) is 0 Å². The average Bonchev–Trinajstić information content (AvgIpc) is 2.81. The number of carbonyl (C=O) groups excluding carboxylic acids is 4. The summed E-state index contributed by atoms with van der Waals surface area (Å²) in [5.74, 6) is -1.70. The highest BCUT2D eigenvalue weighted by molar-refractivity contribution is 5.93.